The van der Waals surface area contributed by atoms with E-state index in [1.807, 2.05) is 0 Å². The standard InChI is InChI=1S/C23H28Cl2N2O/c1-14(2)19-17(24)12-16-15(20(19)25)6-7-18-22(16,3)8-5-9-23(18,4)21(28)27-11-10-26-13-27/h10-14,18H,5-9H2,1-4H3/t18-,22-,23-/m1/s1. The van der Waals surface area contributed by atoms with Gasteiger partial charge in [0, 0.05) is 22.4 Å². The van der Waals surface area contributed by atoms with Gasteiger partial charge in [-0.15, -0.1) is 0 Å². The third-order valence-electron chi connectivity index (χ3n) is 7.39. The summed E-state index contributed by atoms with van der Waals surface area (Å²) < 4.78 is 1.66. The molecule has 2 aromatic rings. The van der Waals surface area contributed by atoms with Crippen LogP contribution in [0.3, 0.4) is 0 Å². The van der Waals surface area contributed by atoms with Gasteiger partial charge in [0.05, 0.1) is 5.41 Å². The Morgan fingerprint density at radius 1 is 1.29 bits per heavy atom. The van der Waals surface area contributed by atoms with Gasteiger partial charge in [-0.25, -0.2) is 4.98 Å². The second-order valence-corrected chi connectivity index (χ2v) is 10.1. The van der Waals surface area contributed by atoms with Gasteiger partial charge in [0.1, 0.15) is 6.33 Å². The Morgan fingerprint density at radius 3 is 2.68 bits per heavy atom. The molecule has 4 rings (SSSR count). The second-order valence-electron chi connectivity index (χ2n) is 9.32. The van der Waals surface area contributed by atoms with E-state index in [9.17, 15) is 4.79 Å². The summed E-state index contributed by atoms with van der Waals surface area (Å²) in [6, 6.07) is 2.15. The van der Waals surface area contributed by atoms with Crippen molar-refractivity contribution in [3.63, 3.8) is 0 Å². The Labute approximate surface area is 177 Å². The van der Waals surface area contributed by atoms with Gasteiger partial charge in [-0.3, -0.25) is 9.36 Å². The Morgan fingerprint density at radius 2 is 2.04 bits per heavy atom. The third kappa shape index (κ3) is 2.77. The van der Waals surface area contributed by atoms with E-state index >= 15 is 0 Å². The Balaban J connectivity index is 1.83. The van der Waals surface area contributed by atoms with Crippen molar-refractivity contribution in [2.75, 3.05) is 0 Å². The van der Waals surface area contributed by atoms with Crippen molar-refractivity contribution in [2.24, 2.45) is 11.3 Å². The van der Waals surface area contributed by atoms with Gasteiger partial charge in [0.2, 0.25) is 5.91 Å². The molecule has 1 heterocycles. The van der Waals surface area contributed by atoms with E-state index in [2.05, 4.69) is 38.7 Å². The number of aromatic nitrogens is 2. The lowest BCUT2D eigenvalue weighted by Crippen LogP contribution is -2.53. The Kier molecular flexibility index (Phi) is 4.91. The first kappa shape index (κ1) is 20.0. The van der Waals surface area contributed by atoms with Crippen LogP contribution in [0.4, 0.5) is 0 Å². The molecule has 0 amide bonds. The smallest absolute Gasteiger partial charge is 0.238 e. The zero-order valence-corrected chi connectivity index (χ0v) is 18.6. The van der Waals surface area contributed by atoms with Gasteiger partial charge in [-0.1, -0.05) is 57.3 Å². The molecular weight excluding hydrogens is 391 g/mol. The summed E-state index contributed by atoms with van der Waals surface area (Å²) in [4.78, 5) is 17.5. The molecule has 0 bridgehead atoms. The largest absolute Gasteiger partial charge is 0.276 e. The van der Waals surface area contributed by atoms with Crippen LogP contribution in [0.15, 0.2) is 24.8 Å². The highest BCUT2D eigenvalue weighted by Gasteiger charge is 2.55. The number of hydrogen-bond donors (Lipinski definition) is 0. The van der Waals surface area contributed by atoms with Gasteiger partial charge < -0.3 is 0 Å². The van der Waals surface area contributed by atoms with Gasteiger partial charge >= 0.3 is 0 Å². The molecule has 150 valence electrons. The fraction of sp³-hybridized carbons (Fsp3) is 0.565. The number of benzene rings is 1. The quantitative estimate of drug-likeness (QED) is 0.545. The summed E-state index contributed by atoms with van der Waals surface area (Å²) in [5.41, 5.74) is 3.04. The molecule has 1 aromatic heterocycles. The fourth-order valence-corrected chi connectivity index (χ4v) is 7.00. The molecule has 0 N–H and O–H groups in total. The van der Waals surface area contributed by atoms with Crippen LogP contribution < -0.4 is 0 Å². The fourth-order valence-electron chi connectivity index (χ4n) is 6.01. The first-order valence-corrected chi connectivity index (χ1v) is 11.0. The van der Waals surface area contributed by atoms with Gasteiger partial charge in [-0.05, 0) is 65.7 Å². The lowest BCUT2D eigenvalue weighted by molar-refractivity contribution is 0.0166. The molecule has 0 spiro atoms. The number of rotatable bonds is 2. The van der Waals surface area contributed by atoms with Crippen molar-refractivity contribution in [2.45, 2.75) is 71.1 Å². The number of hydrogen-bond acceptors (Lipinski definition) is 2. The molecule has 1 saturated carbocycles. The molecule has 3 atom stereocenters. The van der Waals surface area contributed by atoms with Gasteiger partial charge in [-0.2, -0.15) is 0 Å². The molecule has 0 aliphatic heterocycles. The SMILES string of the molecule is CC(C)c1c(Cl)cc2c(c1Cl)CC[C@H]1[C@](C)(C(=O)n3ccnc3)CCC[C@]21C. The molecule has 5 heteroatoms. The molecule has 2 aliphatic rings. The van der Waals surface area contributed by atoms with E-state index in [-0.39, 0.29) is 23.2 Å². The van der Waals surface area contributed by atoms with Crippen molar-refractivity contribution in [1.82, 2.24) is 9.55 Å². The topological polar surface area (TPSA) is 34.9 Å². The van der Waals surface area contributed by atoms with E-state index in [0.717, 1.165) is 47.7 Å². The Hall–Kier alpha value is -1.32. The van der Waals surface area contributed by atoms with Crippen LogP contribution in [0.2, 0.25) is 10.0 Å². The maximum absolute atomic E-state index is 13.4. The van der Waals surface area contributed by atoms with Crippen molar-refractivity contribution in [1.29, 1.82) is 0 Å². The minimum absolute atomic E-state index is 0.0976. The number of carbonyl (C=O) groups excluding carboxylic acids is 1. The maximum Gasteiger partial charge on any atom is 0.238 e. The summed E-state index contributed by atoms with van der Waals surface area (Å²) in [6.45, 7) is 8.73. The molecule has 2 aliphatic carbocycles. The third-order valence-corrected chi connectivity index (χ3v) is 8.13. The summed E-state index contributed by atoms with van der Waals surface area (Å²) in [6.07, 6.45) is 9.92. The van der Waals surface area contributed by atoms with E-state index in [4.69, 9.17) is 23.2 Å². The van der Waals surface area contributed by atoms with Crippen molar-refractivity contribution in [3.05, 3.63) is 51.5 Å². The monoisotopic (exact) mass is 418 g/mol. The number of imidazole rings is 1. The van der Waals surface area contributed by atoms with Crippen molar-refractivity contribution >= 4 is 29.1 Å². The predicted molar refractivity (Wildman–Crippen MR) is 115 cm³/mol. The summed E-state index contributed by atoms with van der Waals surface area (Å²) in [7, 11) is 0. The van der Waals surface area contributed by atoms with E-state index in [1.54, 1.807) is 23.3 Å². The molecule has 1 aromatic carbocycles. The molecule has 0 saturated heterocycles. The summed E-state index contributed by atoms with van der Waals surface area (Å²) in [5, 5.41) is 1.60. The highest BCUT2D eigenvalue weighted by atomic mass is 35.5. The Bertz CT molecular complexity index is 921. The summed E-state index contributed by atoms with van der Waals surface area (Å²) in [5.74, 6) is 0.698. The number of halogens is 2. The van der Waals surface area contributed by atoms with Crippen molar-refractivity contribution < 1.29 is 4.79 Å². The van der Waals surface area contributed by atoms with E-state index in [1.165, 1.54) is 11.1 Å². The predicted octanol–water partition coefficient (Wildman–Crippen LogP) is 6.66. The average Bonchev–Trinajstić information content (AvgIpc) is 3.15. The van der Waals surface area contributed by atoms with Crippen LogP contribution in [0.1, 0.15) is 80.8 Å². The van der Waals surface area contributed by atoms with Crippen LogP contribution in [0, 0.1) is 11.3 Å². The van der Waals surface area contributed by atoms with Crippen molar-refractivity contribution in [3.8, 4) is 0 Å². The lowest BCUT2D eigenvalue weighted by atomic mass is 9.49. The first-order chi connectivity index (χ1) is 13.2. The minimum atomic E-state index is -0.416. The molecule has 28 heavy (non-hydrogen) atoms. The second kappa shape index (κ2) is 6.88. The summed E-state index contributed by atoms with van der Waals surface area (Å²) >= 11 is 13.6. The highest BCUT2D eigenvalue weighted by Crippen LogP contribution is 2.59. The molecule has 0 unspecified atom stereocenters. The molecule has 1 fully saturated rings. The van der Waals surface area contributed by atoms with Gasteiger partial charge in [0.15, 0.2) is 0 Å². The van der Waals surface area contributed by atoms with Crippen LogP contribution in [0.5, 0.6) is 0 Å². The normalized spacial score (nSPS) is 29.5. The minimum Gasteiger partial charge on any atom is -0.276 e. The molecule has 3 nitrogen and oxygen atoms in total. The number of nitrogens with zero attached hydrogens (tertiary/aromatic N) is 2. The molecule has 0 radical (unpaired) electrons. The highest BCUT2D eigenvalue weighted by molar-refractivity contribution is 6.36. The zero-order valence-electron chi connectivity index (χ0n) is 17.1. The lowest BCUT2D eigenvalue weighted by Gasteiger charge is -2.54. The van der Waals surface area contributed by atoms with E-state index < -0.39 is 5.41 Å². The van der Waals surface area contributed by atoms with Gasteiger partial charge in [0.25, 0.3) is 0 Å². The van der Waals surface area contributed by atoms with Crippen LogP contribution in [0.25, 0.3) is 0 Å². The molecular formula is C23H28Cl2N2O. The van der Waals surface area contributed by atoms with Crippen LogP contribution in [-0.4, -0.2) is 15.5 Å². The number of carbonyl (C=O) groups is 1. The first-order valence-electron chi connectivity index (χ1n) is 10.2. The number of fused-ring (bicyclic) bond motifs is 3. The van der Waals surface area contributed by atoms with Crippen LogP contribution in [-0.2, 0) is 11.8 Å². The average molecular weight is 419 g/mol. The van der Waals surface area contributed by atoms with Crippen LogP contribution >= 0.6 is 23.2 Å². The maximum atomic E-state index is 13.4. The zero-order chi connectivity index (χ0) is 20.3. The van der Waals surface area contributed by atoms with E-state index in [0.29, 0.717) is 0 Å².